The Bertz CT molecular complexity index is 779. The molecule has 2 aromatic rings. The summed E-state index contributed by atoms with van der Waals surface area (Å²) in [5.41, 5.74) is 0.282. The molecule has 1 saturated heterocycles. The third-order valence-corrected chi connectivity index (χ3v) is 3.35. The Labute approximate surface area is 119 Å². The highest BCUT2D eigenvalue weighted by molar-refractivity contribution is 6.03. The number of nitrogens with one attached hydrogen (secondary N) is 1. The standard InChI is InChI=1S/C15H13NO5/c1-8-6-12(15(19)20-8)21-14(18)10-7-13(17)16-11-5-3-2-4-9(10)11/h2-5,7-8,12H,6H2,1H3,(H,16,17)/t8-,12-/m0/s1. The summed E-state index contributed by atoms with van der Waals surface area (Å²) in [6.45, 7) is 1.73. The number of cyclic esters (lactones) is 1. The number of hydrogen-bond donors (Lipinski definition) is 1. The highest BCUT2D eigenvalue weighted by Gasteiger charge is 2.35. The number of esters is 2. The van der Waals surface area contributed by atoms with E-state index in [2.05, 4.69) is 4.98 Å². The second kappa shape index (κ2) is 5.05. The molecule has 21 heavy (non-hydrogen) atoms. The lowest BCUT2D eigenvalue weighted by Crippen LogP contribution is -2.23. The van der Waals surface area contributed by atoms with Crippen LogP contribution in [0, 0.1) is 0 Å². The minimum atomic E-state index is -0.912. The van der Waals surface area contributed by atoms with Gasteiger partial charge in [-0.1, -0.05) is 18.2 Å². The average Bonchev–Trinajstić information content (AvgIpc) is 2.75. The number of ether oxygens (including phenoxy) is 2. The van der Waals surface area contributed by atoms with Crippen LogP contribution in [-0.2, 0) is 14.3 Å². The van der Waals surface area contributed by atoms with Crippen LogP contribution in [0.5, 0.6) is 0 Å². The van der Waals surface area contributed by atoms with E-state index in [0.717, 1.165) is 0 Å². The lowest BCUT2D eigenvalue weighted by Gasteiger charge is -2.10. The lowest BCUT2D eigenvalue weighted by atomic mass is 10.1. The molecule has 2 atom stereocenters. The maximum Gasteiger partial charge on any atom is 0.347 e. The van der Waals surface area contributed by atoms with Crippen LogP contribution in [0.15, 0.2) is 35.1 Å². The van der Waals surface area contributed by atoms with Crippen molar-refractivity contribution in [3.8, 4) is 0 Å². The largest absolute Gasteiger partial charge is 0.460 e. The number of aromatic amines is 1. The summed E-state index contributed by atoms with van der Waals surface area (Å²) in [5.74, 6) is -1.25. The molecule has 1 aliphatic rings. The molecule has 6 heteroatoms. The quantitative estimate of drug-likeness (QED) is 0.844. The van der Waals surface area contributed by atoms with Crippen molar-refractivity contribution in [3.05, 3.63) is 46.2 Å². The monoisotopic (exact) mass is 287 g/mol. The van der Waals surface area contributed by atoms with Crippen LogP contribution in [0.1, 0.15) is 23.7 Å². The van der Waals surface area contributed by atoms with Gasteiger partial charge in [0.25, 0.3) is 0 Å². The van der Waals surface area contributed by atoms with Crippen molar-refractivity contribution in [1.82, 2.24) is 4.98 Å². The first-order chi connectivity index (χ1) is 10.0. The summed E-state index contributed by atoms with van der Waals surface area (Å²) in [5, 5.41) is 0.571. The molecular weight excluding hydrogens is 274 g/mol. The van der Waals surface area contributed by atoms with E-state index in [0.29, 0.717) is 17.3 Å². The lowest BCUT2D eigenvalue weighted by molar-refractivity contribution is -0.147. The van der Waals surface area contributed by atoms with E-state index >= 15 is 0 Å². The summed E-state index contributed by atoms with van der Waals surface area (Å²) in [7, 11) is 0. The van der Waals surface area contributed by atoms with Gasteiger partial charge in [0.2, 0.25) is 11.7 Å². The third kappa shape index (κ3) is 2.52. The average molecular weight is 287 g/mol. The second-order valence-electron chi connectivity index (χ2n) is 4.97. The first kappa shape index (κ1) is 13.4. The van der Waals surface area contributed by atoms with Gasteiger partial charge in [-0.15, -0.1) is 0 Å². The predicted octanol–water partition coefficient (Wildman–Crippen LogP) is 1.39. The van der Waals surface area contributed by atoms with E-state index in [1.165, 1.54) is 6.07 Å². The van der Waals surface area contributed by atoms with E-state index in [-0.39, 0.29) is 11.7 Å². The van der Waals surface area contributed by atoms with Gasteiger partial charge in [-0.25, -0.2) is 9.59 Å². The zero-order chi connectivity index (χ0) is 15.0. The maximum atomic E-state index is 12.2. The van der Waals surface area contributed by atoms with Gasteiger partial charge < -0.3 is 14.5 Å². The minimum Gasteiger partial charge on any atom is -0.460 e. The van der Waals surface area contributed by atoms with Gasteiger partial charge in [-0.3, -0.25) is 4.79 Å². The van der Waals surface area contributed by atoms with Crippen LogP contribution in [0.25, 0.3) is 10.9 Å². The molecule has 0 bridgehead atoms. The number of rotatable bonds is 2. The van der Waals surface area contributed by atoms with Gasteiger partial charge >= 0.3 is 11.9 Å². The number of carbonyl (C=O) groups excluding carboxylic acids is 2. The normalized spacial score (nSPS) is 21.3. The Hall–Kier alpha value is -2.63. The molecule has 6 nitrogen and oxygen atoms in total. The summed E-state index contributed by atoms with van der Waals surface area (Å²) in [6, 6.07) is 8.08. The number of benzene rings is 1. The number of hydrogen-bond acceptors (Lipinski definition) is 5. The molecule has 1 fully saturated rings. The second-order valence-corrected chi connectivity index (χ2v) is 4.97. The zero-order valence-corrected chi connectivity index (χ0v) is 11.3. The van der Waals surface area contributed by atoms with Crippen molar-refractivity contribution in [2.45, 2.75) is 25.6 Å². The predicted molar refractivity (Wildman–Crippen MR) is 73.9 cm³/mol. The number of fused-ring (bicyclic) bond motifs is 1. The summed E-state index contributed by atoms with van der Waals surface area (Å²) in [4.78, 5) is 38.0. The number of carbonyl (C=O) groups is 2. The number of para-hydroxylation sites is 1. The molecular formula is C15H13NO5. The highest BCUT2D eigenvalue weighted by Crippen LogP contribution is 2.21. The number of pyridine rings is 1. The van der Waals surface area contributed by atoms with Gasteiger partial charge in [0.1, 0.15) is 6.10 Å². The van der Waals surface area contributed by atoms with Crippen LogP contribution in [0.2, 0.25) is 0 Å². The SMILES string of the molecule is C[C@H]1C[C@H](OC(=O)c2cc(=O)[nH]c3ccccc23)C(=O)O1. The first-order valence-corrected chi connectivity index (χ1v) is 6.58. The van der Waals surface area contributed by atoms with Gasteiger partial charge in [0.15, 0.2) is 0 Å². The fourth-order valence-corrected chi connectivity index (χ4v) is 2.38. The Balaban J connectivity index is 1.95. The van der Waals surface area contributed by atoms with E-state index < -0.39 is 23.6 Å². The summed E-state index contributed by atoms with van der Waals surface area (Å²) >= 11 is 0. The Morgan fingerprint density at radius 1 is 1.33 bits per heavy atom. The maximum absolute atomic E-state index is 12.2. The fourth-order valence-electron chi connectivity index (χ4n) is 2.38. The van der Waals surface area contributed by atoms with Gasteiger partial charge in [0, 0.05) is 23.4 Å². The van der Waals surface area contributed by atoms with Crippen molar-refractivity contribution in [2.75, 3.05) is 0 Å². The smallest absolute Gasteiger partial charge is 0.347 e. The van der Waals surface area contributed by atoms with Crippen LogP contribution in [0.4, 0.5) is 0 Å². The van der Waals surface area contributed by atoms with Gasteiger partial charge in [-0.2, -0.15) is 0 Å². The van der Waals surface area contributed by atoms with E-state index in [1.807, 2.05) is 0 Å². The Morgan fingerprint density at radius 3 is 2.81 bits per heavy atom. The number of H-pyrrole nitrogens is 1. The van der Waals surface area contributed by atoms with E-state index in [1.54, 1.807) is 31.2 Å². The van der Waals surface area contributed by atoms with Crippen LogP contribution in [-0.4, -0.2) is 29.1 Å². The molecule has 1 aromatic heterocycles. The molecule has 0 amide bonds. The topological polar surface area (TPSA) is 85.5 Å². The molecule has 3 rings (SSSR count). The van der Waals surface area contributed by atoms with Crippen molar-refractivity contribution in [3.63, 3.8) is 0 Å². The first-order valence-electron chi connectivity index (χ1n) is 6.58. The fraction of sp³-hybridized carbons (Fsp3) is 0.267. The molecule has 1 aromatic carbocycles. The number of aromatic nitrogens is 1. The Morgan fingerprint density at radius 2 is 2.10 bits per heavy atom. The minimum absolute atomic E-state index is 0.140. The Kier molecular flexibility index (Phi) is 3.21. The molecule has 108 valence electrons. The van der Waals surface area contributed by atoms with Crippen LogP contribution >= 0.6 is 0 Å². The van der Waals surface area contributed by atoms with Crippen LogP contribution < -0.4 is 5.56 Å². The highest BCUT2D eigenvalue weighted by atomic mass is 16.6. The molecule has 1 aliphatic heterocycles. The molecule has 0 unspecified atom stereocenters. The van der Waals surface area contributed by atoms with E-state index in [9.17, 15) is 14.4 Å². The van der Waals surface area contributed by atoms with Crippen molar-refractivity contribution < 1.29 is 19.1 Å². The van der Waals surface area contributed by atoms with Crippen molar-refractivity contribution in [1.29, 1.82) is 0 Å². The zero-order valence-electron chi connectivity index (χ0n) is 11.3. The molecule has 0 radical (unpaired) electrons. The van der Waals surface area contributed by atoms with Crippen molar-refractivity contribution in [2.24, 2.45) is 0 Å². The van der Waals surface area contributed by atoms with Gasteiger partial charge in [-0.05, 0) is 13.0 Å². The molecule has 1 N–H and O–H groups in total. The summed E-state index contributed by atoms with van der Waals surface area (Å²) < 4.78 is 10.1. The van der Waals surface area contributed by atoms with E-state index in [4.69, 9.17) is 9.47 Å². The third-order valence-electron chi connectivity index (χ3n) is 3.35. The van der Waals surface area contributed by atoms with Crippen molar-refractivity contribution >= 4 is 22.8 Å². The van der Waals surface area contributed by atoms with Crippen LogP contribution in [0.3, 0.4) is 0 Å². The summed E-state index contributed by atoms with van der Waals surface area (Å²) in [6.07, 6.45) is -0.858. The molecule has 2 heterocycles. The van der Waals surface area contributed by atoms with Gasteiger partial charge in [0.05, 0.1) is 5.56 Å². The molecule has 0 spiro atoms. The molecule has 0 aliphatic carbocycles. The molecule has 0 saturated carbocycles.